The zero-order valence-electron chi connectivity index (χ0n) is 91.0. The fourth-order valence-corrected chi connectivity index (χ4v) is 16.5. The first-order valence-electron chi connectivity index (χ1n) is 49.6. The second-order valence-corrected chi connectivity index (χ2v) is 47.3. The minimum absolute atomic E-state index is 0.00387. The van der Waals surface area contributed by atoms with Gasteiger partial charge in [0, 0.05) is 133 Å². The highest BCUT2D eigenvalue weighted by molar-refractivity contribution is 5.81. The predicted octanol–water partition coefficient (Wildman–Crippen LogP) is 29.0. The maximum Gasteiger partial charge on any atom is 0.160 e. The van der Waals surface area contributed by atoms with Gasteiger partial charge in [-0.15, -0.1) is 20.4 Å². The zero-order chi connectivity index (χ0) is 104. The fraction of sp³-hybridized carbons (Fsp3) is 0.367. The van der Waals surface area contributed by atoms with Crippen LogP contribution in [0.15, 0.2) is 330 Å². The maximum atomic E-state index is 4.43. The molecule has 0 saturated carbocycles. The average Bonchev–Trinajstić information content (AvgIpc) is 1.75. The second kappa shape index (κ2) is 43.5. The molecule has 0 aliphatic carbocycles. The van der Waals surface area contributed by atoms with Crippen LogP contribution in [0.5, 0.6) is 0 Å². The van der Waals surface area contributed by atoms with Gasteiger partial charge in [0.15, 0.2) is 5.65 Å². The van der Waals surface area contributed by atoms with Gasteiger partial charge in [0.2, 0.25) is 0 Å². The van der Waals surface area contributed by atoms with Crippen LogP contribution in [-0.2, 0) is 60.1 Å². The second-order valence-electron chi connectivity index (χ2n) is 47.3. The van der Waals surface area contributed by atoms with E-state index in [1.165, 1.54) is 60.8 Å². The molecule has 23 heteroatoms. The van der Waals surface area contributed by atoms with Gasteiger partial charge in [0.25, 0.3) is 0 Å². The van der Waals surface area contributed by atoms with E-state index in [9.17, 15) is 0 Å². The largest absolute Gasteiger partial charge is 0.342 e. The highest BCUT2D eigenvalue weighted by Crippen LogP contribution is 2.33. The smallest absolute Gasteiger partial charge is 0.160 e. The first kappa shape index (κ1) is 107. The zero-order valence-corrected chi connectivity index (χ0v) is 91.0. The molecule has 0 amide bonds. The van der Waals surface area contributed by atoms with Gasteiger partial charge in [0.05, 0.1) is 97.8 Å². The van der Waals surface area contributed by atoms with Crippen molar-refractivity contribution in [2.75, 3.05) is 0 Å². The molecule has 0 bridgehead atoms. The van der Waals surface area contributed by atoms with E-state index in [0.29, 0.717) is 0 Å². The Balaban J connectivity index is 0.000000140. The third-order valence-electron chi connectivity index (χ3n) is 23.6. The number of rotatable bonds is 0. The highest BCUT2D eigenvalue weighted by Gasteiger charge is 2.27. The van der Waals surface area contributed by atoms with Crippen LogP contribution in [0.25, 0.3) is 82.8 Å². The van der Waals surface area contributed by atoms with Gasteiger partial charge in [-0.05, 0) is 233 Å². The standard InChI is InChI=1S/2C12H15N.6C11H14N2.3C10H13N3/c1-12(2,3)11-8-7-10-6-4-5-9-13(10)11;1-12(2,3)13-9-8-10-6-4-5-7-11(10)13;1-11(2,3)9-8-12-10-6-4-5-7-13(9)10;1-11(2,3)9-8-12-13-7-5-4-6-10(9)13;1-11(2,3)10-9-6-4-5-7-13(9)8-12-10;1-11(2,3)13-8-12-9-6-4-5-7-10(9)13;1-11(2,3)10-12-8-9-6-4-5-7-13(9)10;1-11(2,3)13-10-7-5-4-6-9(10)8-12-13;1-10(2,3)9-12-11-8-6-4-5-7-13(8)9;1-10(2,3)9-8-6-4-5-7-13(8)12-11-9;1-10(2,3)13-9-7-5-4-6-8(9)11-12-13/h2*4-9H,1-3H3;6*4-8H,1-3H3;3*4-7H,1-3H3. The molecule has 143 heavy (non-hydrogen) atoms. The molecule has 4 aromatic carbocycles. The van der Waals surface area contributed by atoms with E-state index in [0.717, 1.165) is 61.9 Å². The van der Waals surface area contributed by atoms with E-state index in [4.69, 9.17) is 0 Å². The van der Waals surface area contributed by atoms with Gasteiger partial charge >= 0.3 is 0 Å². The summed E-state index contributed by atoms with van der Waals surface area (Å²) in [6.07, 6.45) is 27.8. The number of hydrogen-bond acceptors (Lipinski definition) is 12. The molecule has 18 heterocycles. The lowest BCUT2D eigenvalue weighted by Crippen LogP contribution is -2.22. The van der Waals surface area contributed by atoms with Crippen molar-refractivity contribution in [1.82, 2.24) is 110 Å². The Morgan fingerprint density at radius 1 is 0.224 bits per heavy atom. The molecule has 0 saturated heterocycles. The predicted molar refractivity (Wildman–Crippen MR) is 594 cm³/mol. The van der Waals surface area contributed by atoms with Crippen molar-refractivity contribution < 1.29 is 0 Å². The Kier molecular flexibility index (Phi) is 32.7. The molecular weight excluding hydrogens is 1760 g/mol. The summed E-state index contributed by atoms with van der Waals surface area (Å²) in [7, 11) is 0. The van der Waals surface area contributed by atoms with E-state index >= 15 is 0 Å². The lowest BCUT2D eigenvalue weighted by atomic mass is 9.88. The van der Waals surface area contributed by atoms with Crippen molar-refractivity contribution >= 4 is 82.8 Å². The van der Waals surface area contributed by atoms with Crippen LogP contribution < -0.4 is 0 Å². The minimum atomic E-state index is -0.00387. The number of hydrogen-bond donors (Lipinski definition) is 0. The Labute approximate surface area is 846 Å². The van der Waals surface area contributed by atoms with Crippen LogP contribution in [-0.4, -0.2) is 110 Å². The van der Waals surface area contributed by atoms with Crippen molar-refractivity contribution in [2.24, 2.45) is 0 Å². The van der Waals surface area contributed by atoms with Crippen LogP contribution in [0.1, 0.15) is 268 Å². The molecule has 0 unspecified atom stereocenters. The van der Waals surface area contributed by atoms with Crippen LogP contribution in [0, 0.1) is 0 Å². The summed E-state index contributed by atoms with van der Waals surface area (Å²) in [4.78, 5) is 17.6. The van der Waals surface area contributed by atoms with Gasteiger partial charge in [-0.3, -0.25) is 9.08 Å². The Bertz CT molecular complexity index is 6230. The van der Waals surface area contributed by atoms with E-state index in [1.807, 2.05) is 221 Å². The molecule has 0 aliphatic heterocycles. The summed E-state index contributed by atoms with van der Waals surface area (Å²) in [5.74, 6) is 2.12. The minimum Gasteiger partial charge on any atom is -0.342 e. The SMILES string of the molecule is CC(C)(C)c1ccc2ccccn12.CC(C)(C)c1cnc2ccccn12.CC(C)(C)c1cnn2ccccc12.CC(C)(C)c1ncc2ccccn12.CC(C)(C)c1ncn2ccccc12.CC(C)(C)c1nnc2ccccn12.CC(C)(C)c1nnn2ccccc12.CC(C)(C)n1ccc2ccccc21.CC(C)(C)n1cnc2ccccc21.CC(C)(C)n1ncc2ccccc21.CC(C)(C)n1nnc2ccccc21. The molecule has 22 aromatic rings. The summed E-state index contributed by atoms with van der Waals surface area (Å²) in [6.45, 7) is 71.9. The lowest BCUT2D eigenvalue weighted by molar-refractivity contribution is 0.358. The lowest BCUT2D eigenvalue weighted by Gasteiger charge is -2.22. The van der Waals surface area contributed by atoms with Gasteiger partial charge < -0.3 is 26.7 Å². The molecule has 0 fully saturated rings. The summed E-state index contributed by atoms with van der Waals surface area (Å²) in [5, 5.41) is 35.9. The number of benzene rings is 4. The van der Waals surface area contributed by atoms with Gasteiger partial charge in [-0.25, -0.2) is 33.6 Å². The number of aromatic nitrogens is 23. The maximum absolute atomic E-state index is 4.43. The Morgan fingerprint density at radius 2 is 0.720 bits per heavy atom. The first-order valence-corrected chi connectivity index (χ1v) is 49.6. The average molecular weight is 1920 g/mol. The summed E-state index contributed by atoms with van der Waals surface area (Å²) < 4.78 is 22.8. The molecule has 23 nitrogen and oxygen atoms in total. The van der Waals surface area contributed by atoms with E-state index in [-0.39, 0.29) is 60.1 Å². The van der Waals surface area contributed by atoms with Gasteiger partial charge in [-0.2, -0.15) is 10.2 Å². The fourth-order valence-electron chi connectivity index (χ4n) is 16.5. The molecule has 0 aliphatic rings. The topological polar surface area (TPSA) is 205 Å². The Hall–Kier alpha value is -14.5. The monoisotopic (exact) mass is 1920 g/mol. The molecule has 0 spiro atoms. The number of pyridine rings is 7. The summed E-state index contributed by atoms with van der Waals surface area (Å²) >= 11 is 0. The number of fused-ring (bicyclic) bond motifs is 11. The van der Waals surface area contributed by atoms with Crippen LogP contribution >= 0.6 is 0 Å². The van der Waals surface area contributed by atoms with Crippen LogP contribution in [0.2, 0.25) is 0 Å². The first-order chi connectivity index (χ1) is 67.0. The number of para-hydroxylation sites is 5. The highest BCUT2D eigenvalue weighted by atomic mass is 15.4. The van der Waals surface area contributed by atoms with Gasteiger partial charge in [0.1, 0.15) is 22.8 Å². The van der Waals surface area contributed by atoms with Crippen LogP contribution in [0.3, 0.4) is 0 Å². The Morgan fingerprint density at radius 3 is 1.32 bits per heavy atom. The van der Waals surface area contributed by atoms with Crippen molar-refractivity contribution in [2.45, 2.75) is 289 Å². The third-order valence-corrected chi connectivity index (χ3v) is 23.6. The quantitative estimate of drug-likeness (QED) is 0.139. The molecule has 22 rings (SSSR count). The van der Waals surface area contributed by atoms with Crippen molar-refractivity contribution in [3.63, 3.8) is 0 Å². The molecule has 0 N–H and O–H groups in total. The molecular formula is C120H153N23. The van der Waals surface area contributed by atoms with E-state index in [1.54, 1.807) is 4.52 Å². The number of imidazole rings is 4. The normalized spacial score (nSPS) is 12.2. The molecule has 748 valence electrons. The van der Waals surface area contributed by atoms with E-state index < -0.39 is 0 Å². The summed E-state index contributed by atoms with van der Waals surface area (Å²) in [6, 6.07) is 82.2. The molecule has 0 radical (unpaired) electrons. The van der Waals surface area contributed by atoms with Crippen molar-refractivity contribution in [1.29, 1.82) is 0 Å². The van der Waals surface area contributed by atoms with E-state index in [2.05, 4.69) is 443 Å². The van der Waals surface area contributed by atoms with Crippen LogP contribution in [0.4, 0.5) is 0 Å². The van der Waals surface area contributed by atoms with Gasteiger partial charge in [-0.1, -0.05) is 259 Å². The third kappa shape index (κ3) is 27.3. The van der Waals surface area contributed by atoms with Crippen molar-refractivity contribution in [3.05, 3.63) is 370 Å². The summed E-state index contributed by atoms with van der Waals surface area (Å²) in [5.41, 5.74) is 22.0. The molecule has 18 aromatic heterocycles. The van der Waals surface area contributed by atoms with Crippen molar-refractivity contribution in [3.8, 4) is 0 Å². The molecule has 0 atom stereocenters. The number of nitrogens with zero attached hydrogens (tertiary/aromatic N) is 23.